The fourth-order valence-electron chi connectivity index (χ4n) is 2.04. The van der Waals surface area contributed by atoms with Gasteiger partial charge in [0.2, 0.25) is 0 Å². The highest BCUT2D eigenvalue weighted by atomic mass is 16.6. The molecule has 19 heteroatoms. The fourth-order valence-corrected chi connectivity index (χ4v) is 2.04. The first-order valence-electron chi connectivity index (χ1n) is 8.73. The Balaban J connectivity index is 5.12. The zero-order chi connectivity index (χ0) is 26.6. The zero-order valence-corrected chi connectivity index (χ0v) is 17.0. The normalized spacial score (nSPS) is 12.6. The van der Waals surface area contributed by atoms with Gasteiger partial charge in [0.15, 0.2) is 0 Å². The third-order valence-electron chi connectivity index (χ3n) is 3.38. The van der Waals surface area contributed by atoms with Crippen LogP contribution >= 0.6 is 0 Å². The number of ether oxygens (including phenoxy) is 2. The Morgan fingerprint density at radius 2 is 0.853 bits per heavy atom. The zero-order valence-electron chi connectivity index (χ0n) is 17.0. The molecule has 0 spiro atoms. The molecule has 0 aliphatic heterocycles. The van der Waals surface area contributed by atoms with Gasteiger partial charge in [0.1, 0.15) is 18.1 Å². The molecule has 19 nitrogen and oxygen atoms in total. The van der Waals surface area contributed by atoms with E-state index in [0.717, 1.165) is 0 Å². The fraction of sp³-hybridized carbons (Fsp3) is 0.400. The van der Waals surface area contributed by atoms with Gasteiger partial charge in [0.05, 0.1) is 19.3 Å². The summed E-state index contributed by atoms with van der Waals surface area (Å²) in [5, 5.41) is 22.8. The summed E-state index contributed by atoms with van der Waals surface area (Å²) in [6.45, 7) is 0. The largest absolute Gasteiger partial charge is 0.480 e. The molecule has 0 aromatic carbocycles. The van der Waals surface area contributed by atoms with Gasteiger partial charge in [-0.1, -0.05) is 0 Å². The maximum Gasteiger partial charge on any atom is 0.336 e. The van der Waals surface area contributed by atoms with Crippen molar-refractivity contribution in [2.75, 3.05) is 0 Å². The van der Waals surface area contributed by atoms with Gasteiger partial charge in [0, 0.05) is 0 Å². The Morgan fingerprint density at radius 1 is 0.559 bits per heavy atom. The molecule has 0 fully saturated rings. The number of hydrogen-bond donors (Lipinski definition) is 8. The van der Waals surface area contributed by atoms with Crippen LogP contribution in [0.15, 0.2) is 0 Å². The SMILES string of the molecule is NC(=O)NC(CC(=O)OC(=O)C[C@H](NC(N)=O)C(=O)OC(=O)CC(NC(N)=O)C(=O)O)C(=O)O. The topological polar surface area (TPSA) is 327 Å². The van der Waals surface area contributed by atoms with Crippen molar-refractivity contribution >= 4 is 53.9 Å². The van der Waals surface area contributed by atoms with Crippen LogP contribution in [0.3, 0.4) is 0 Å². The van der Waals surface area contributed by atoms with E-state index in [4.69, 9.17) is 27.4 Å². The highest BCUT2D eigenvalue weighted by Gasteiger charge is 2.31. The van der Waals surface area contributed by atoms with Gasteiger partial charge in [-0.3, -0.25) is 14.4 Å². The minimum atomic E-state index is -2.01. The highest BCUT2D eigenvalue weighted by molar-refractivity contribution is 5.96. The summed E-state index contributed by atoms with van der Waals surface area (Å²) in [5.74, 6) is -9.54. The summed E-state index contributed by atoms with van der Waals surface area (Å²) in [6.07, 6.45) is -3.28. The summed E-state index contributed by atoms with van der Waals surface area (Å²) in [7, 11) is 0. The van der Waals surface area contributed by atoms with Crippen molar-refractivity contribution in [2.45, 2.75) is 37.4 Å². The van der Waals surface area contributed by atoms with Gasteiger partial charge in [-0.15, -0.1) is 0 Å². The van der Waals surface area contributed by atoms with E-state index in [1.54, 1.807) is 16.0 Å². The molecule has 188 valence electrons. The molecule has 0 aliphatic carbocycles. The lowest BCUT2D eigenvalue weighted by Gasteiger charge is -2.16. The summed E-state index contributed by atoms with van der Waals surface area (Å²) in [5.41, 5.74) is 14.3. The van der Waals surface area contributed by atoms with Crippen molar-refractivity contribution in [3.63, 3.8) is 0 Å². The second kappa shape index (κ2) is 13.4. The van der Waals surface area contributed by atoms with Crippen LogP contribution in [0.5, 0.6) is 0 Å². The van der Waals surface area contributed by atoms with E-state index < -0.39 is 91.3 Å². The Bertz CT molecular complexity index is 888. The number of nitrogens with one attached hydrogen (secondary N) is 3. The van der Waals surface area contributed by atoms with Crippen molar-refractivity contribution in [3.05, 3.63) is 0 Å². The van der Waals surface area contributed by atoms with Gasteiger partial charge in [0.25, 0.3) is 0 Å². The van der Waals surface area contributed by atoms with E-state index in [-0.39, 0.29) is 0 Å². The number of carboxylic acids is 2. The number of aliphatic carboxylic acids is 2. The van der Waals surface area contributed by atoms with Crippen LogP contribution in [0, 0.1) is 0 Å². The number of carboxylic acid groups (broad SMARTS) is 2. The molecule has 0 saturated heterocycles. The monoisotopic (exact) mass is 492 g/mol. The van der Waals surface area contributed by atoms with Crippen molar-refractivity contribution in [3.8, 4) is 0 Å². The molecule has 34 heavy (non-hydrogen) atoms. The number of primary amides is 3. The number of carbonyl (C=O) groups is 9. The number of hydrogen-bond acceptors (Lipinski definition) is 11. The number of amides is 6. The smallest absolute Gasteiger partial charge is 0.336 e. The number of rotatable bonds is 12. The Kier molecular flexibility index (Phi) is 11.5. The number of nitrogens with two attached hydrogens (primary N) is 3. The van der Waals surface area contributed by atoms with Gasteiger partial charge in [-0.05, 0) is 0 Å². The minimum Gasteiger partial charge on any atom is -0.480 e. The van der Waals surface area contributed by atoms with E-state index >= 15 is 0 Å². The van der Waals surface area contributed by atoms with Crippen molar-refractivity contribution in [1.29, 1.82) is 0 Å². The average Bonchev–Trinajstić information content (AvgIpc) is 2.64. The van der Waals surface area contributed by atoms with Crippen molar-refractivity contribution in [2.24, 2.45) is 17.2 Å². The molecule has 0 aliphatic rings. The van der Waals surface area contributed by atoms with E-state index in [1.165, 1.54) is 0 Å². The second-order valence-corrected chi connectivity index (χ2v) is 6.11. The molecule has 0 aromatic heterocycles. The van der Waals surface area contributed by atoms with Crippen LogP contribution < -0.4 is 33.2 Å². The first kappa shape index (κ1) is 29.0. The van der Waals surface area contributed by atoms with E-state index in [9.17, 15) is 43.2 Å². The van der Waals surface area contributed by atoms with Crippen LogP contribution in [0.1, 0.15) is 19.3 Å². The molecular weight excluding hydrogens is 472 g/mol. The number of esters is 4. The third kappa shape index (κ3) is 12.0. The quantitative estimate of drug-likeness (QED) is 0.0942. The lowest BCUT2D eigenvalue weighted by atomic mass is 10.2. The molecule has 0 rings (SSSR count). The molecule has 0 aromatic rings. The average molecular weight is 492 g/mol. The summed E-state index contributed by atoms with van der Waals surface area (Å²) >= 11 is 0. The Morgan fingerprint density at radius 3 is 1.18 bits per heavy atom. The van der Waals surface area contributed by atoms with Gasteiger partial charge >= 0.3 is 53.9 Å². The standard InChI is InChI=1S/C15H20N6O13/c16-13(30)19-4(10(25)26)1-7(22)33-8(23)3-6(21-15(18)32)12(29)34-9(24)2-5(11(27)28)20-14(17)31/h4-6H,1-3H2,(H,25,26)(H,27,28)(H3,16,19,30)(H3,17,20,31)(H3,18,21,32)/t4?,5?,6-/m0/s1. The van der Waals surface area contributed by atoms with Gasteiger partial charge in [-0.25, -0.2) is 28.8 Å². The van der Waals surface area contributed by atoms with E-state index in [0.29, 0.717) is 0 Å². The minimum absolute atomic E-state index is 1.05. The van der Waals surface area contributed by atoms with Crippen LogP contribution in [0.2, 0.25) is 0 Å². The lowest BCUT2D eigenvalue weighted by molar-refractivity contribution is -0.167. The molecular formula is C15H20N6O13. The second-order valence-electron chi connectivity index (χ2n) is 6.11. The number of carbonyl (C=O) groups excluding carboxylic acids is 7. The molecule has 2 unspecified atom stereocenters. The van der Waals surface area contributed by atoms with Crippen molar-refractivity contribution in [1.82, 2.24) is 16.0 Å². The van der Waals surface area contributed by atoms with Crippen LogP contribution in [0.25, 0.3) is 0 Å². The predicted molar refractivity (Wildman–Crippen MR) is 101 cm³/mol. The maximum atomic E-state index is 12.1. The molecule has 0 radical (unpaired) electrons. The molecule has 0 heterocycles. The molecule has 0 bridgehead atoms. The first-order chi connectivity index (χ1) is 15.6. The maximum absolute atomic E-state index is 12.1. The molecule has 3 atom stereocenters. The van der Waals surface area contributed by atoms with Crippen LogP contribution in [-0.4, -0.2) is 82.2 Å². The molecule has 0 saturated carbocycles. The summed E-state index contributed by atoms with van der Waals surface area (Å²) in [4.78, 5) is 102. The Labute approximate surface area is 188 Å². The van der Waals surface area contributed by atoms with Crippen LogP contribution in [-0.2, 0) is 38.2 Å². The van der Waals surface area contributed by atoms with E-state index in [2.05, 4.69) is 9.47 Å². The molecule has 11 N–H and O–H groups in total. The Hall–Kier alpha value is -4.97. The van der Waals surface area contributed by atoms with E-state index in [1.807, 2.05) is 0 Å². The summed E-state index contributed by atoms with van der Waals surface area (Å²) in [6, 6.07) is -9.71. The first-order valence-corrected chi connectivity index (χ1v) is 8.73. The van der Waals surface area contributed by atoms with Crippen LogP contribution in [0.4, 0.5) is 14.4 Å². The lowest BCUT2D eigenvalue weighted by Crippen LogP contribution is -2.48. The number of urea groups is 3. The third-order valence-corrected chi connectivity index (χ3v) is 3.38. The summed E-state index contributed by atoms with van der Waals surface area (Å²) < 4.78 is 8.55. The van der Waals surface area contributed by atoms with Gasteiger partial charge < -0.3 is 52.8 Å². The highest BCUT2D eigenvalue weighted by Crippen LogP contribution is 2.04. The molecule has 6 amide bonds. The van der Waals surface area contributed by atoms with Gasteiger partial charge in [-0.2, -0.15) is 0 Å². The predicted octanol–water partition coefficient (Wildman–Crippen LogP) is -4.42. The van der Waals surface area contributed by atoms with Crippen molar-refractivity contribution < 1.29 is 62.8 Å².